The minimum Gasteiger partial charge on any atom is -0.380 e. The SMILES string of the molecule is CC(c1cccc(Cl)c1)N(C)CC1COCCC1=O. The second kappa shape index (κ2) is 6.51. The highest BCUT2D eigenvalue weighted by Gasteiger charge is 2.25. The molecule has 3 nitrogen and oxygen atoms in total. The molecular weight excluding hydrogens is 262 g/mol. The molecule has 1 aliphatic heterocycles. The van der Waals surface area contributed by atoms with Crippen LogP contribution in [0.5, 0.6) is 0 Å². The first-order chi connectivity index (χ1) is 9.08. The smallest absolute Gasteiger partial charge is 0.141 e. The van der Waals surface area contributed by atoms with Gasteiger partial charge in [-0.15, -0.1) is 0 Å². The summed E-state index contributed by atoms with van der Waals surface area (Å²) in [6.45, 7) is 3.97. The summed E-state index contributed by atoms with van der Waals surface area (Å²) >= 11 is 6.02. The number of nitrogens with zero attached hydrogens (tertiary/aromatic N) is 1. The van der Waals surface area contributed by atoms with Crippen LogP contribution in [0.25, 0.3) is 0 Å². The second-order valence-corrected chi connectivity index (χ2v) is 5.60. The summed E-state index contributed by atoms with van der Waals surface area (Å²) in [5, 5.41) is 0.745. The van der Waals surface area contributed by atoms with Crippen LogP contribution in [0, 0.1) is 5.92 Å². The largest absolute Gasteiger partial charge is 0.380 e. The Hall–Kier alpha value is -0.900. The lowest BCUT2D eigenvalue weighted by atomic mass is 9.98. The van der Waals surface area contributed by atoms with Crippen LogP contribution >= 0.6 is 11.6 Å². The van der Waals surface area contributed by atoms with Crippen LogP contribution in [0.3, 0.4) is 0 Å². The van der Waals surface area contributed by atoms with Crippen LogP contribution in [-0.2, 0) is 9.53 Å². The van der Waals surface area contributed by atoms with Crippen molar-refractivity contribution in [3.8, 4) is 0 Å². The first-order valence-corrected chi connectivity index (χ1v) is 7.02. The highest BCUT2D eigenvalue weighted by Crippen LogP contribution is 2.23. The van der Waals surface area contributed by atoms with Gasteiger partial charge in [-0.25, -0.2) is 0 Å². The number of rotatable bonds is 4. The van der Waals surface area contributed by atoms with Gasteiger partial charge >= 0.3 is 0 Å². The molecule has 1 aliphatic rings. The normalized spacial score (nSPS) is 21.7. The molecule has 0 bridgehead atoms. The molecule has 1 fully saturated rings. The van der Waals surface area contributed by atoms with E-state index in [0.29, 0.717) is 25.4 Å². The summed E-state index contributed by atoms with van der Waals surface area (Å²) < 4.78 is 5.39. The molecular formula is C15H20ClNO2. The summed E-state index contributed by atoms with van der Waals surface area (Å²) in [5.41, 5.74) is 1.17. The minimum absolute atomic E-state index is 0.000356. The summed E-state index contributed by atoms with van der Waals surface area (Å²) in [4.78, 5) is 14.0. The topological polar surface area (TPSA) is 29.5 Å². The van der Waals surface area contributed by atoms with Crippen molar-refractivity contribution in [1.82, 2.24) is 4.90 Å². The average molecular weight is 282 g/mol. The Bertz CT molecular complexity index is 450. The van der Waals surface area contributed by atoms with Crippen LogP contribution < -0.4 is 0 Å². The van der Waals surface area contributed by atoms with E-state index in [4.69, 9.17) is 16.3 Å². The predicted octanol–water partition coefficient (Wildman–Crippen LogP) is 2.94. The van der Waals surface area contributed by atoms with Gasteiger partial charge in [-0.2, -0.15) is 0 Å². The molecule has 0 aliphatic carbocycles. The standard InChI is InChI=1S/C15H20ClNO2/c1-11(12-4-3-5-14(16)8-12)17(2)9-13-10-19-7-6-15(13)18/h3-5,8,11,13H,6-7,9-10H2,1-2H3. The van der Waals surface area contributed by atoms with Crippen molar-refractivity contribution in [1.29, 1.82) is 0 Å². The van der Waals surface area contributed by atoms with Crippen molar-refractivity contribution >= 4 is 17.4 Å². The van der Waals surface area contributed by atoms with Crippen LogP contribution in [0.4, 0.5) is 0 Å². The maximum absolute atomic E-state index is 11.8. The Morgan fingerprint density at radius 1 is 1.53 bits per heavy atom. The molecule has 2 rings (SSSR count). The molecule has 4 heteroatoms. The zero-order valence-corrected chi connectivity index (χ0v) is 12.2. The number of hydrogen-bond donors (Lipinski definition) is 0. The maximum Gasteiger partial charge on any atom is 0.141 e. The van der Waals surface area contributed by atoms with E-state index in [9.17, 15) is 4.79 Å². The maximum atomic E-state index is 11.8. The molecule has 0 radical (unpaired) electrons. The monoisotopic (exact) mass is 281 g/mol. The molecule has 1 aromatic rings. The van der Waals surface area contributed by atoms with Crippen molar-refractivity contribution < 1.29 is 9.53 Å². The van der Waals surface area contributed by atoms with Gasteiger partial charge < -0.3 is 4.74 Å². The molecule has 2 unspecified atom stereocenters. The lowest BCUT2D eigenvalue weighted by molar-refractivity contribution is -0.131. The summed E-state index contributed by atoms with van der Waals surface area (Å²) in [6, 6.07) is 8.09. The number of benzene rings is 1. The lowest BCUT2D eigenvalue weighted by Gasteiger charge is -2.30. The number of ether oxygens (including phenoxy) is 1. The van der Waals surface area contributed by atoms with E-state index in [-0.39, 0.29) is 12.0 Å². The van der Waals surface area contributed by atoms with Crippen LogP contribution in [-0.4, -0.2) is 37.5 Å². The number of carbonyl (C=O) groups excluding carboxylic acids is 1. The zero-order chi connectivity index (χ0) is 13.8. The van der Waals surface area contributed by atoms with Crippen LogP contribution in [0.15, 0.2) is 24.3 Å². The molecule has 0 amide bonds. The van der Waals surface area contributed by atoms with Gasteiger partial charge in [0, 0.05) is 24.0 Å². The fourth-order valence-electron chi connectivity index (χ4n) is 2.38. The van der Waals surface area contributed by atoms with Gasteiger partial charge in [-0.05, 0) is 31.7 Å². The van der Waals surface area contributed by atoms with Crippen LogP contribution in [0.1, 0.15) is 24.9 Å². The zero-order valence-electron chi connectivity index (χ0n) is 11.4. The van der Waals surface area contributed by atoms with E-state index in [0.717, 1.165) is 11.6 Å². The van der Waals surface area contributed by atoms with E-state index in [1.54, 1.807) is 0 Å². The summed E-state index contributed by atoms with van der Waals surface area (Å²) in [5.74, 6) is 0.316. The van der Waals surface area contributed by atoms with E-state index < -0.39 is 0 Å². The van der Waals surface area contributed by atoms with Crippen LogP contribution in [0.2, 0.25) is 5.02 Å². The first kappa shape index (κ1) is 14.5. The van der Waals surface area contributed by atoms with Crippen molar-refractivity contribution in [3.05, 3.63) is 34.9 Å². The van der Waals surface area contributed by atoms with E-state index >= 15 is 0 Å². The number of Topliss-reactive ketones (excluding diaryl/α,β-unsaturated/α-hetero) is 1. The van der Waals surface area contributed by atoms with E-state index in [2.05, 4.69) is 17.9 Å². The Labute approximate surface area is 119 Å². The van der Waals surface area contributed by atoms with Crippen molar-refractivity contribution in [3.63, 3.8) is 0 Å². The summed E-state index contributed by atoms with van der Waals surface area (Å²) in [7, 11) is 2.04. The first-order valence-electron chi connectivity index (χ1n) is 6.64. The molecule has 104 valence electrons. The fraction of sp³-hybridized carbons (Fsp3) is 0.533. The van der Waals surface area contributed by atoms with Gasteiger partial charge in [-0.3, -0.25) is 9.69 Å². The third-order valence-electron chi connectivity index (χ3n) is 3.77. The number of carbonyl (C=O) groups is 1. The fourth-order valence-corrected chi connectivity index (χ4v) is 2.58. The Morgan fingerprint density at radius 2 is 2.32 bits per heavy atom. The van der Waals surface area contributed by atoms with Gasteiger partial charge in [0.05, 0.1) is 19.1 Å². The second-order valence-electron chi connectivity index (χ2n) is 5.16. The van der Waals surface area contributed by atoms with Gasteiger partial charge in [0.1, 0.15) is 5.78 Å². The molecule has 2 atom stereocenters. The highest BCUT2D eigenvalue weighted by atomic mass is 35.5. The molecule has 0 saturated carbocycles. The third kappa shape index (κ3) is 3.78. The Balaban J connectivity index is 1.99. The highest BCUT2D eigenvalue weighted by molar-refractivity contribution is 6.30. The molecule has 0 aromatic heterocycles. The summed E-state index contributed by atoms with van der Waals surface area (Å²) in [6.07, 6.45) is 0.546. The van der Waals surface area contributed by atoms with Gasteiger partial charge in [-0.1, -0.05) is 23.7 Å². The molecule has 1 heterocycles. The number of halogens is 1. The average Bonchev–Trinajstić information content (AvgIpc) is 2.40. The lowest BCUT2D eigenvalue weighted by Crippen LogP contribution is -2.37. The number of ketones is 1. The molecule has 19 heavy (non-hydrogen) atoms. The predicted molar refractivity (Wildman–Crippen MR) is 76.4 cm³/mol. The van der Waals surface area contributed by atoms with E-state index in [1.807, 2.05) is 25.2 Å². The number of hydrogen-bond acceptors (Lipinski definition) is 3. The van der Waals surface area contributed by atoms with Gasteiger partial charge in [0.25, 0.3) is 0 Å². The van der Waals surface area contributed by atoms with Crippen molar-refractivity contribution in [2.75, 3.05) is 26.8 Å². The van der Waals surface area contributed by atoms with Gasteiger partial charge in [0.2, 0.25) is 0 Å². The van der Waals surface area contributed by atoms with E-state index in [1.165, 1.54) is 5.56 Å². The van der Waals surface area contributed by atoms with Gasteiger partial charge in [0.15, 0.2) is 0 Å². The molecule has 1 saturated heterocycles. The molecule has 0 spiro atoms. The van der Waals surface area contributed by atoms with Crippen molar-refractivity contribution in [2.24, 2.45) is 5.92 Å². The molecule has 1 aromatic carbocycles. The Kier molecular flexibility index (Phi) is 4.97. The van der Waals surface area contributed by atoms with Crippen molar-refractivity contribution in [2.45, 2.75) is 19.4 Å². The third-order valence-corrected chi connectivity index (χ3v) is 4.00. The Morgan fingerprint density at radius 3 is 3.00 bits per heavy atom. The minimum atomic E-state index is 0.000356. The quantitative estimate of drug-likeness (QED) is 0.850. The molecule has 0 N–H and O–H groups in total.